The fraction of sp³-hybridized carbons (Fsp3) is 0.529. The average Bonchev–Trinajstić information content (AvgIpc) is 2.49. The molecule has 0 spiro atoms. The quantitative estimate of drug-likeness (QED) is 0.793. The molecule has 2 N–H and O–H groups in total. The SMILES string of the molecule is CN1CCOC(CC(=O)N2CC(Oc3cccc(O)c3C(=O)O)C2)C1. The number of hydrogen-bond acceptors (Lipinski definition) is 6. The van der Waals surface area contributed by atoms with E-state index in [1.165, 1.54) is 18.2 Å². The molecule has 8 heteroatoms. The third-order valence-corrected chi connectivity index (χ3v) is 4.46. The number of rotatable bonds is 5. The van der Waals surface area contributed by atoms with Crippen molar-refractivity contribution in [2.24, 2.45) is 0 Å². The standard InChI is InChI=1S/C17H22N2O6/c1-18-5-6-24-11(8-18)7-15(21)19-9-12(10-19)25-14-4-2-3-13(20)16(14)17(22)23/h2-4,11-12,20H,5-10H2,1H3,(H,22,23). The summed E-state index contributed by atoms with van der Waals surface area (Å²) in [6.45, 7) is 3.05. The first-order valence-corrected chi connectivity index (χ1v) is 8.24. The molecule has 0 aliphatic carbocycles. The highest BCUT2D eigenvalue weighted by Crippen LogP contribution is 2.29. The molecule has 2 heterocycles. The van der Waals surface area contributed by atoms with Crippen molar-refractivity contribution in [1.82, 2.24) is 9.80 Å². The number of aromatic hydroxyl groups is 1. The Morgan fingerprint density at radius 3 is 2.76 bits per heavy atom. The summed E-state index contributed by atoms with van der Waals surface area (Å²) in [5, 5.41) is 18.8. The number of amides is 1. The molecule has 1 aromatic carbocycles. The van der Waals surface area contributed by atoms with Crippen LogP contribution in [-0.2, 0) is 9.53 Å². The van der Waals surface area contributed by atoms with E-state index in [0.717, 1.165) is 13.1 Å². The minimum atomic E-state index is -1.25. The number of carbonyl (C=O) groups is 2. The van der Waals surface area contributed by atoms with Crippen molar-refractivity contribution in [3.8, 4) is 11.5 Å². The van der Waals surface area contributed by atoms with Crippen LogP contribution in [0.1, 0.15) is 16.8 Å². The first-order chi connectivity index (χ1) is 11.9. The van der Waals surface area contributed by atoms with Gasteiger partial charge in [0.15, 0.2) is 0 Å². The third kappa shape index (κ3) is 4.02. The number of hydrogen-bond donors (Lipinski definition) is 2. The van der Waals surface area contributed by atoms with Crippen molar-refractivity contribution in [2.45, 2.75) is 18.6 Å². The number of likely N-dealkylation sites (N-methyl/N-ethyl adjacent to an activating group) is 1. The van der Waals surface area contributed by atoms with E-state index in [4.69, 9.17) is 9.47 Å². The molecule has 136 valence electrons. The van der Waals surface area contributed by atoms with Gasteiger partial charge in [-0.1, -0.05) is 6.07 Å². The van der Waals surface area contributed by atoms with Gasteiger partial charge < -0.3 is 29.5 Å². The van der Waals surface area contributed by atoms with Gasteiger partial charge in [0, 0.05) is 13.1 Å². The average molecular weight is 350 g/mol. The number of nitrogens with zero attached hydrogens (tertiary/aromatic N) is 2. The van der Waals surface area contributed by atoms with E-state index in [1.54, 1.807) is 4.90 Å². The van der Waals surface area contributed by atoms with E-state index in [2.05, 4.69) is 4.90 Å². The van der Waals surface area contributed by atoms with Crippen LogP contribution in [0.25, 0.3) is 0 Å². The second-order valence-corrected chi connectivity index (χ2v) is 6.45. The molecule has 1 amide bonds. The van der Waals surface area contributed by atoms with Crippen molar-refractivity contribution in [3.05, 3.63) is 23.8 Å². The van der Waals surface area contributed by atoms with Gasteiger partial charge in [-0.25, -0.2) is 4.79 Å². The Morgan fingerprint density at radius 1 is 1.32 bits per heavy atom. The second-order valence-electron chi connectivity index (χ2n) is 6.45. The monoisotopic (exact) mass is 350 g/mol. The molecule has 0 saturated carbocycles. The van der Waals surface area contributed by atoms with Crippen molar-refractivity contribution in [3.63, 3.8) is 0 Å². The largest absolute Gasteiger partial charge is 0.507 e. The highest BCUT2D eigenvalue weighted by Gasteiger charge is 2.35. The van der Waals surface area contributed by atoms with E-state index < -0.39 is 5.97 Å². The van der Waals surface area contributed by atoms with Gasteiger partial charge in [0.25, 0.3) is 0 Å². The zero-order valence-electron chi connectivity index (χ0n) is 14.1. The molecular formula is C17H22N2O6. The minimum absolute atomic E-state index is 0.00881. The molecule has 1 atom stereocenters. The van der Waals surface area contributed by atoms with Gasteiger partial charge in [0.2, 0.25) is 5.91 Å². The smallest absolute Gasteiger partial charge is 0.343 e. The summed E-state index contributed by atoms with van der Waals surface area (Å²) in [7, 11) is 2.00. The van der Waals surface area contributed by atoms with Gasteiger partial charge in [-0.15, -0.1) is 0 Å². The summed E-state index contributed by atoms with van der Waals surface area (Å²) in [4.78, 5) is 27.3. The molecule has 1 aromatic rings. The summed E-state index contributed by atoms with van der Waals surface area (Å²) in [5.74, 6) is -1.47. The highest BCUT2D eigenvalue weighted by molar-refractivity contribution is 5.94. The molecule has 2 fully saturated rings. The maximum Gasteiger partial charge on any atom is 0.343 e. The minimum Gasteiger partial charge on any atom is -0.507 e. The molecule has 0 bridgehead atoms. The summed E-state index contributed by atoms with van der Waals surface area (Å²) >= 11 is 0. The number of benzene rings is 1. The molecule has 0 aromatic heterocycles. The van der Waals surface area contributed by atoms with Crippen LogP contribution in [0.2, 0.25) is 0 Å². The molecule has 25 heavy (non-hydrogen) atoms. The van der Waals surface area contributed by atoms with E-state index >= 15 is 0 Å². The van der Waals surface area contributed by atoms with Crippen LogP contribution >= 0.6 is 0 Å². The predicted octanol–water partition coefficient (Wildman–Crippen LogP) is 0.401. The Hall–Kier alpha value is -2.32. The Bertz CT molecular complexity index is 659. The van der Waals surface area contributed by atoms with Crippen molar-refractivity contribution >= 4 is 11.9 Å². The lowest BCUT2D eigenvalue weighted by Gasteiger charge is -2.40. The first-order valence-electron chi connectivity index (χ1n) is 8.24. The van der Waals surface area contributed by atoms with Crippen molar-refractivity contribution in [1.29, 1.82) is 0 Å². The lowest BCUT2D eigenvalue weighted by atomic mass is 10.1. The van der Waals surface area contributed by atoms with Gasteiger partial charge in [-0.2, -0.15) is 0 Å². The number of carbonyl (C=O) groups excluding carboxylic acids is 1. The van der Waals surface area contributed by atoms with Crippen LogP contribution < -0.4 is 4.74 Å². The topological polar surface area (TPSA) is 99.5 Å². The molecule has 2 aliphatic heterocycles. The van der Waals surface area contributed by atoms with Crippen LogP contribution in [0.15, 0.2) is 18.2 Å². The Kier molecular flexibility index (Phi) is 5.10. The molecule has 2 saturated heterocycles. The molecule has 0 radical (unpaired) electrons. The normalized spacial score (nSPS) is 21.6. The summed E-state index contributed by atoms with van der Waals surface area (Å²) in [6.07, 6.45) is -0.0292. The zero-order chi connectivity index (χ0) is 18.0. The Balaban J connectivity index is 1.51. The van der Waals surface area contributed by atoms with E-state index in [1.807, 2.05) is 7.05 Å². The first kappa shape index (κ1) is 17.5. The highest BCUT2D eigenvalue weighted by atomic mass is 16.5. The second kappa shape index (κ2) is 7.28. The number of carboxylic acids is 1. The molecule has 2 aliphatic rings. The number of carboxylic acid groups (broad SMARTS) is 1. The molecule has 8 nitrogen and oxygen atoms in total. The molecule has 1 unspecified atom stereocenters. The van der Waals surface area contributed by atoms with Crippen LogP contribution in [0, 0.1) is 0 Å². The summed E-state index contributed by atoms with van der Waals surface area (Å²) < 4.78 is 11.2. The van der Waals surface area contributed by atoms with Crippen molar-refractivity contribution in [2.75, 3.05) is 39.8 Å². The summed E-state index contributed by atoms with van der Waals surface area (Å²) in [6, 6.07) is 4.32. The maximum atomic E-state index is 12.3. The Labute approximate surface area is 145 Å². The van der Waals surface area contributed by atoms with Gasteiger partial charge >= 0.3 is 5.97 Å². The number of phenols is 1. The number of aromatic carboxylic acids is 1. The van der Waals surface area contributed by atoms with Crippen LogP contribution in [0.3, 0.4) is 0 Å². The predicted molar refractivity (Wildman–Crippen MR) is 87.9 cm³/mol. The van der Waals surface area contributed by atoms with Gasteiger partial charge in [0.05, 0.1) is 32.2 Å². The summed E-state index contributed by atoms with van der Waals surface area (Å²) in [5.41, 5.74) is -0.258. The molecule has 3 rings (SSSR count). The Morgan fingerprint density at radius 2 is 2.08 bits per heavy atom. The lowest BCUT2D eigenvalue weighted by Crippen LogP contribution is -2.57. The van der Waals surface area contributed by atoms with E-state index in [-0.39, 0.29) is 35.2 Å². The fourth-order valence-corrected chi connectivity index (χ4v) is 3.04. The van der Waals surface area contributed by atoms with Crippen molar-refractivity contribution < 1.29 is 29.3 Å². The van der Waals surface area contributed by atoms with E-state index in [0.29, 0.717) is 26.1 Å². The van der Waals surface area contributed by atoms with Crippen LogP contribution in [-0.4, -0.2) is 83.9 Å². The lowest BCUT2D eigenvalue weighted by molar-refractivity contribution is -0.144. The fourth-order valence-electron chi connectivity index (χ4n) is 3.04. The number of ether oxygens (including phenoxy) is 2. The van der Waals surface area contributed by atoms with Gasteiger partial charge in [-0.3, -0.25) is 4.79 Å². The van der Waals surface area contributed by atoms with Gasteiger partial charge in [-0.05, 0) is 19.2 Å². The maximum absolute atomic E-state index is 12.3. The van der Waals surface area contributed by atoms with Crippen LogP contribution in [0.5, 0.6) is 11.5 Å². The third-order valence-electron chi connectivity index (χ3n) is 4.46. The van der Waals surface area contributed by atoms with Crippen LogP contribution in [0.4, 0.5) is 0 Å². The number of morpholine rings is 1. The molecular weight excluding hydrogens is 328 g/mol. The zero-order valence-corrected chi connectivity index (χ0v) is 14.1. The van der Waals surface area contributed by atoms with E-state index in [9.17, 15) is 19.8 Å². The van der Waals surface area contributed by atoms with Gasteiger partial charge in [0.1, 0.15) is 23.2 Å². The number of likely N-dealkylation sites (tertiary alicyclic amines) is 1.